The van der Waals surface area contributed by atoms with Crippen LogP contribution in [0.15, 0.2) is 42.1 Å². The van der Waals surface area contributed by atoms with Crippen molar-refractivity contribution in [3.05, 3.63) is 47.8 Å². The number of halogens is 1. The van der Waals surface area contributed by atoms with Gasteiger partial charge >= 0.3 is 0 Å². The molecular formula is C15H17ClN4O2S. The molecule has 1 heterocycles. The number of ether oxygens (including phenoxy) is 1. The lowest BCUT2D eigenvalue weighted by molar-refractivity contribution is -0.117. The van der Waals surface area contributed by atoms with Crippen molar-refractivity contribution in [2.24, 2.45) is 5.73 Å². The molecule has 1 amide bonds. The standard InChI is InChI=1S/C15H17ClN4O2S/c1-3-8-20-13(9-22-12-6-4-11(16)5-7-12)18-19-15(20)23-10(2)14(17)21/h3-7,10H,1,8-9H2,2H3,(H2,17,21). The molecule has 1 atom stereocenters. The maximum absolute atomic E-state index is 11.2. The van der Waals surface area contributed by atoms with Gasteiger partial charge in [0, 0.05) is 11.6 Å². The number of primary amides is 1. The van der Waals surface area contributed by atoms with Crippen LogP contribution < -0.4 is 10.5 Å². The Morgan fingerprint density at radius 2 is 2.17 bits per heavy atom. The van der Waals surface area contributed by atoms with E-state index in [2.05, 4.69) is 16.8 Å². The largest absolute Gasteiger partial charge is 0.486 e. The molecule has 0 aliphatic carbocycles. The van der Waals surface area contributed by atoms with Crippen LogP contribution in [0.2, 0.25) is 5.02 Å². The van der Waals surface area contributed by atoms with Crippen LogP contribution in [-0.2, 0) is 17.9 Å². The first-order valence-corrected chi connectivity index (χ1v) is 8.14. The minimum atomic E-state index is -0.401. The van der Waals surface area contributed by atoms with E-state index in [-0.39, 0.29) is 6.61 Å². The number of allylic oxidation sites excluding steroid dienone is 1. The number of amides is 1. The fourth-order valence-corrected chi connectivity index (χ4v) is 2.67. The average molecular weight is 353 g/mol. The van der Waals surface area contributed by atoms with E-state index in [1.165, 1.54) is 11.8 Å². The lowest BCUT2D eigenvalue weighted by Gasteiger charge is -2.10. The summed E-state index contributed by atoms with van der Waals surface area (Å²) in [6.45, 7) is 6.21. The number of nitrogens with two attached hydrogens (primary N) is 1. The van der Waals surface area contributed by atoms with Gasteiger partial charge in [-0.2, -0.15) is 0 Å². The minimum absolute atomic E-state index is 0.244. The van der Waals surface area contributed by atoms with Crippen molar-refractivity contribution in [1.82, 2.24) is 14.8 Å². The third kappa shape index (κ3) is 4.74. The second-order valence-corrected chi connectivity index (χ2v) is 6.45. The Morgan fingerprint density at radius 1 is 1.48 bits per heavy atom. The van der Waals surface area contributed by atoms with Crippen molar-refractivity contribution in [3.63, 3.8) is 0 Å². The third-order valence-electron chi connectivity index (χ3n) is 2.97. The number of nitrogens with zero attached hydrogens (tertiary/aromatic N) is 3. The van der Waals surface area contributed by atoms with Gasteiger partial charge in [-0.1, -0.05) is 29.4 Å². The first kappa shape index (κ1) is 17.4. The van der Waals surface area contributed by atoms with E-state index in [0.29, 0.717) is 28.3 Å². The minimum Gasteiger partial charge on any atom is -0.486 e. The highest BCUT2D eigenvalue weighted by atomic mass is 35.5. The summed E-state index contributed by atoms with van der Waals surface area (Å²) in [5.74, 6) is 0.920. The molecule has 0 aliphatic heterocycles. The van der Waals surface area contributed by atoms with Crippen LogP contribution in [0.4, 0.5) is 0 Å². The Bertz CT molecular complexity index is 687. The van der Waals surface area contributed by atoms with Crippen molar-refractivity contribution in [3.8, 4) is 5.75 Å². The zero-order valence-electron chi connectivity index (χ0n) is 12.6. The number of hydrogen-bond donors (Lipinski definition) is 1. The fourth-order valence-electron chi connectivity index (χ4n) is 1.72. The number of thioether (sulfide) groups is 1. The number of carbonyl (C=O) groups is 1. The predicted molar refractivity (Wildman–Crippen MR) is 90.5 cm³/mol. The molecule has 1 unspecified atom stereocenters. The van der Waals surface area contributed by atoms with Gasteiger partial charge in [-0.25, -0.2) is 0 Å². The molecule has 1 aromatic carbocycles. The van der Waals surface area contributed by atoms with Crippen LogP contribution in [0.1, 0.15) is 12.7 Å². The van der Waals surface area contributed by atoms with E-state index in [0.717, 1.165) is 0 Å². The summed E-state index contributed by atoms with van der Waals surface area (Å²) in [6.07, 6.45) is 1.73. The second kappa shape index (κ2) is 8.03. The Morgan fingerprint density at radius 3 is 2.78 bits per heavy atom. The fraction of sp³-hybridized carbons (Fsp3) is 0.267. The van der Waals surface area contributed by atoms with Gasteiger partial charge in [0.15, 0.2) is 11.0 Å². The zero-order chi connectivity index (χ0) is 16.8. The Labute approximate surface area is 143 Å². The lowest BCUT2D eigenvalue weighted by Crippen LogP contribution is -2.23. The van der Waals surface area contributed by atoms with E-state index in [4.69, 9.17) is 22.1 Å². The maximum Gasteiger partial charge on any atom is 0.230 e. The summed E-state index contributed by atoms with van der Waals surface area (Å²) in [6, 6.07) is 7.06. The van der Waals surface area contributed by atoms with Crippen LogP contribution in [0.3, 0.4) is 0 Å². The summed E-state index contributed by atoms with van der Waals surface area (Å²) >= 11 is 7.10. The normalized spacial score (nSPS) is 11.9. The molecule has 1 aromatic heterocycles. The molecule has 2 N–H and O–H groups in total. The van der Waals surface area contributed by atoms with E-state index >= 15 is 0 Å². The Hall–Kier alpha value is -1.99. The first-order chi connectivity index (χ1) is 11.0. The van der Waals surface area contributed by atoms with Crippen molar-refractivity contribution in [2.75, 3.05) is 0 Å². The molecule has 2 rings (SSSR count). The van der Waals surface area contributed by atoms with Gasteiger partial charge in [0.25, 0.3) is 0 Å². The first-order valence-electron chi connectivity index (χ1n) is 6.88. The molecule has 0 aliphatic rings. The van der Waals surface area contributed by atoms with Crippen molar-refractivity contribution >= 4 is 29.3 Å². The van der Waals surface area contributed by atoms with Crippen LogP contribution in [0, 0.1) is 0 Å². The van der Waals surface area contributed by atoms with Gasteiger partial charge in [-0.3, -0.25) is 9.36 Å². The molecule has 23 heavy (non-hydrogen) atoms. The van der Waals surface area contributed by atoms with E-state index in [1.54, 1.807) is 37.3 Å². The summed E-state index contributed by atoms with van der Waals surface area (Å²) in [7, 11) is 0. The second-order valence-electron chi connectivity index (χ2n) is 4.70. The van der Waals surface area contributed by atoms with Crippen LogP contribution >= 0.6 is 23.4 Å². The Kier molecular flexibility index (Phi) is 6.06. The molecule has 0 spiro atoms. The van der Waals surface area contributed by atoms with Gasteiger partial charge in [0.1, 0.15) is 12.4 Å². The number of aromatic nitrogens is 3. The molecular weight excluding hydrogens is 336 g/mol. The zero-order valence-corrected chi connectivity index (χ0v) is 14.2. The highest BCUT2D eigenvalue weighted by Gasteiger charge is 2.18. The molecule has 0 radical (unpaired) electrons. The summed E-state index contributed by atoms with van der Waals surface area (Å²) in [4.78, 5) is 11.2. The van der Waals surface area contributed by atoms with Gasteiger partial charge in [0.2, 0.25) is 5.91 Å². The molecule has 6 nitrogen and oxygen atoms in total. The molecule has 122 valence electrons. The molecule has 0 bridgehead atoms. The maximum atomic E-state index is 11.2. The highest BCUT2D eigenvalue weighted by molar-refractivity contribution is 8.00. The predicted octanol–water partition coefficient (Wildman–Crippen LogP) is 2.66. The van der Waals surface area contributed by atoms with Crippen molar-refractivity contribution < 1.29 is 9.53 Å². The Balaban J connectivity index is 2.11. The van der Waals surface area contributed by atoms with E-state index < -0.39 is 11.2 Å². The van der Waals surface area contributed by atoms with Crippen molar-refractivity contribution in [1.29, 1.82) is 0 Å². The topological polar surface area (TPSA) is 83.0 Å². The highest BCUT2D eigenvalue weighted by Crippen LogP contribution is 2.23. The lowest BCUT2D eigenvalue weighted by atomic mass is 10.3. The van der Waals surface area contributed by atoms with Crippen molar-refractivity contribution in [2.45, 2.75) is 30.5 Å². The summed E-state index contributed by atoms with van der Waals surface area (Å²) in [5, 5.41) is 9.08. The number of carbonyl (C=O) groups excluding carboxylic acids is 1. The average Bonchev–Trinajstić information content (AvgIpc) is 2.89. The molecule has 8 heteroatoms. The SMILES string of the molecule is C=CCn1c(COc2ccc(Cl)cc2)nnc1SC(C)C(N)=O. The van der Waals surface area contributed by atoms with Gasteiger partial charge < -0.3 is 10.5 Å². The number of rotatable bonds is 8. The monoisotopic (exact) mass is 352 g/mol. The molecule has 0 saturated carbocycles. The van der Waals surface area contributed by atoms with Crippen LogP contribution in [0.5, 0.6) is 5.75 Å². The smallest absolute Gasteiger partial charge is 0.230 e. The number of benzene rings is 1. The van der Waals surface area contributed by atoms with Crippen LogP contribution in [-0.4, -0.2) is 25.9 Å². The quantitative estimate of drug-likeness (QED) is 0.583. The third-order valence-corrected chi connectivity index (χ3v) is 4.32. The van der Waals surface area contributed by atoms with Gasteiger partial charge in [-0.05, 0) is 31.2 Å². The molecule has 0 fully saturated rings. The summed E-state index contributed by atoms with van der Waals surface area (Å²) in [5.41, 5.74) is 5.29. The summed E-state index contributed by atoms with van der Waals surface area (Å²) < 4.78 is 7.52. The van der Waals surface area contributed by atoms with Gasteiger partial charge in [0.05, 0.1) is 5.25 Å². The van der Waals surface area contributed by atoms with E-state index in [9.17, 15) is 4.79 Å². The van der Waals surface area contributed by atoms with Crippen LogP contribution in [0.25, 0.3) is 0 Å². The molecule has 2 aromatic rings. The molecule has 0 saturated heterocycles. The van der Waals surface area contributed by atoms with E-state index in [1.807, 2.05) is 4.57 Å². The number of hydrogen-bond acceptors (Lipinski definition) is 5. The van der Waals surface area contributed by atoms with Gasteiger partial charge in [-0.15, -0.1) is 16.8 Å².